The average molecular weight is 191 g/mol. The van der Waals surface area contributed by atoms with E-state index >= 15 is 0 Å². The number of carbonyl (C=O) groups is 1. The molecule has 0 spiro atoms. The summed E-state index contributed by atoms with van der Waals surface area (Å²) in [5.74, 6) is -0.191. The van der Waals surface area contributed by atoms with Gasteiger partial charge in [-0.1, -0.05) is 30.3 Å². The first-order chi connectivity index (χ1) is 6.61. The molecule has 1 atom stereocenters. The second-order valence-electron chi connectivity index (χ2n) is 3.05. The Kier molecular flexibility index (Phi) is 3.42. The Morgan fingerprint density at radius 2 is 2.00 bits per heavy atom. The lowest BCUT2D eigenvalue weighted by Gasteiger charge is -2.03. The smallest absolute Gasteiger partial charge is 0.187 e. The lowest BCUT2D eigenvalue weighted by Crippen LogP contribution is -2.15. The van der Waals surface area contributed by atoms with E-state index in [0.717, 1.165) is 0 Å². The van der Waals surface area contributed by atoms with Crippen LogP contribution in [0.2, 0.25) is 0 Å². The molecule has 0 heterocycles. The zero-order valence-electron chi connectivity index (χ0n) is 7.97. The van der Waals surface area contributed by atoms with Crippen molar-refractivity contribution in [3.8, 4) is 0 Å². The predicted molar refractivity (Wildman–Crippen MR) is 54.7 cm³/mol. The van der Waals surface area contributed by atoms with Crippen LogP contribution in [0.3, 0.4) is 0 Å². The quantitative estimate of drug-likeness (QED) is 0.555. The van der Waals surface area contributed by atoms with E-state index in [4.69, 9.17) is 10.8 Å². The van der Waals surface area contributed by atoms with Gasteiger partial charge in [0.2, 0.25) is 0 Å². The van der Waals surface area contributed by atoms with E-state index in [2.05, 4.69) is 0 Å². The molecular weight excluding hydrogens is 178 g/mol. The van der Waals surface area contributed by atoms with Gasteiger partial charge in [0.25, 0.3) is 0 Å². The minimum Gasteiger partial charge on any atom is -0.400 e. The van der Waals surface area contributed by atoms with Gasteiger partial charge in [-0.3, -0.25) is 4.79 Å². The highest BCUT2D eigenvalue weighted by atomic mass is 16.3. The zero-order chi connectivity index (χ0) is 10.6. The number of hydrogen-bond donors (Lipinski definition) is 2. The first-order valence-corrected chi connectivity index (χ1v) is 4.36. The fourth-order valence-electron chi connectivity index (χ4n) is 0.958. The fraction of sp³-hybridized carbons (Fsp3) is 0.182. The van der Waals surface area contributed by atoms with Crippen molar-refractivity contribution in [1.82, 2.24) is 0 Å². The van der Waals surface area contributed by atoms with Gasteiger partial charge in [-0.15, -0.1) is 0 Å². The van der Waals surface area contributed by atoms with E-state index in [1.165, 1.54) is 13.0 Å². The summed E-state index contributed by atoms with van der Waals surface area (Å²) in [6.45, 7) is 1.52. The first-order valence-electron chi connectivity index (χ1n) is 4.36. The van der Waals surface area contributed by atoms with Gasteiger partial charge < -0.3 is 10.8 Å². The number of ketones is 1. The SMILES string of the molecule is CC(O)/C(N)=C/C(=O)c1ccccc1. The van der Waals surface area contributed by atoms with E-state index in [0.29, 0.717) is 5.56 Å². The number of hydrogen-bond acceptors (Lipinski definition) is 3. The van der Waals surface area contributed by atoms with Crippen LogP contribution in [0.25, 0.3) is 0 Å². The molecule has 1 unspecified atom stereocenters. The normalized spacial score (nSPS) is 13.7. The summed E-state index contributed by atoms with van der Waals surface area (Å²) in [6.07, 6.45) is 0.461. The molecule has 1 aromatic carbocycles. The number of rotatable bonds is 3. The second kappa shape index (κ2) is 4.58. The Bertz CT molecular complexity index is 342. The standard InChI is InChI=1S/C11H13NO2/c1-8(13)10(12)7-11(14)9-5-3-2-4-6-9/h2-8,13H,12H2,1H3/b10-7-. The molecule has 1 rings (SSSR count). The molecule has 14 heavy (non-hydrogen) atoms. The van der Waals surface area contributed by atoms with Gasteiger partial charge in [0.05, 0.1) is 6.10 Å². The van der Waals surface area contributed by atoms with Crippen LogP contribution in [0.5, 0.6) is 0 Å². The predicted octanol–water partition coefficient (Wildman–Crippen LogP) is 1.09. The summed E-state index contributed by atoms with van der Waals surface area (Å²) >= 11 is 0. The maximum atomic E-state index is 11.5. The fourth-order valence-corrected chi connectivity index (χ4v) is 0.958. The molecule has 0 fully saturated rings. The van der Waals surface area contributed by atoms with Crippen LogP contribution >= 0.6 is 0 Å². The Morgan fingerprint density at radius 3 is 2.50 bits per heavy atom. The topological polar surface area (TPSA) is 63.3 Å². The number of allylic oxidation sites excluding steroid dienone is 1. The molecule has 74 valence electrons. The zero-order valence-corrected chi connectivity index (χ0v) is 7.97. The largest absolute Gasteiger partial charge is 0.400 e. The summed E-state index contributed by atoms with van der Waals surface area (Å²) in [7, 11) is 0. The van der Waals surface area contributed by atoms with Crippen molar-refractivity contribution >= 4 is 5.78 Å². The summed E-state index contributed by atoms with van der Waals surface area (Å²) in [6, 6.07) is 8.79. The maximum Gasteiger partial charge on any atom is 0.187 e. The van der Waals surface area contributed by atoms with Crippen molar-refractivity contribution in [1.29, 1.82) is 0 Å². The summed E-state index contributed by atoms with van der Waals surface area (Å²) in [4.78, 5) is 11.5. The molecule has 3 N–H and O–H groups in total. The van der Waals surface area contributed by atoms with Crippen molar-refractivity contribution in [3.63, 3.8) is 0 Å². The molecule has 0 aliphatic heterocycles. The van der Waals surface area contributed by atoms with Crippen LogP contribution in [0.1, 0.15) is 17.3 Å². The highest BCUT2D eigenvalue weighted by molar-refractivity contribution is 6.04. The van der Waals surface area contributed by atoms with Gasteiger partial charge in [-0.25, -0.2) is 0 Å². The third kappa shape index (κ3) is 2.71. The number of aliphatic hydroxyl groups is 1. The second-order valence-corrected chi connectivity index (χ2v) is 3.05. The van der Waals surface area contributed by atoms with Gasteiger partial charge >= 0.3 is 0 Å². The van der Waals surface area contributed by atoms with E-state index in [1.54, 1.807) is 24.3 Å². The van der Waals surface area contributed by atoms with Gasteiger partial charge in [0.15, 0.2) is 5.78 Å². The number of aliphatic hydroxyl groups excluding tert-OH is 1. The maximum absolute atomic E-state index is 11.5. The van der Waals surface area contributed by atoms with Gasteiger partial charge in [0.1, 0.15) is 0 Å². The van der Waals surface area contributed by atoms with Crippen molar-refractivity contribution in [2.75, 3.05) is 0 Å². The summed E-state index contributed by atoms with van der Waals surface area (Å²) < 4.78 is 0. The molecule has 0 aliphatic rings. The molecule has 3 nitrogen and oxygen atoms in total. The Balaban J connectivity index is 2.83. The van der Waals surface area contributed by atoms with Crippen molar-refractivity contribution in [3.05, 3.63) is 47.7 Å². The molecule has 1 aromatic rings. The molecule has 0 amide bonds. The van der Waals surface area contributed by atoms with Crippen LogP contribution < -0.4 is 5.73 Å². The van der Waals surface area contributed by atoms with Crippen molar-refractivity contribution < 1.29 is 9.90 Å². The Hall–Kier alpha value is -1.61. The Labute approximate surface area is 82.9 Å². The molecule has 0 radical (unpaired) electrons. The van der Waals surface area contributed by atoms with Gasteiger partial charge in [-0.05, 0) is 6.92 Å². The lowest BCUT2D eigenvalue weighted by molar-refractivity contribution is 0.104. The summed E-state index contributed by atoms with van der Waals surface area (Å²) in [5, 5.41) is 9.07. The van der Waals surface area contributed by atoms with E-state index in [9.17, 15) is 4.79 Å². The highest BCUT2D eigenvalue weighted by Crippen LogP contribution is 2.03. The molecular formula is C11H13NO2. The molecule has 3 heteroatoms. The van der Waals surface area contributed by atoms with E-state index in [-0.39, 0.29) is 11.5 Å². The number of benzene rings is 1. The third-order valence-corrected chi connectivity index (χ3v) is 1.84. The Morgan fingerprint density at radius 1 is 1.43 bits per heavy atom. The molecule has 0 bridgehead atoms. The molecule has 0 saturated heterocycles. The van der Waals surface area contributed by atoms with Crippen LogP contribution in [-0.2, 0) is 0 Å². The van der Waals surface area contributed by atoms with Crippen molar-refractivity contribution in [2.24, 2.45) is 5.73 Å². The van der Waals surface area contributed by atoms with E-state index < -0.39 is 6.10 Å². The highest BCUT2D eigenvalue weighted by Gasteiger charge is 2.05. The molecule has 0 aliphatic carbocycles. The van der Waals surface area contributed by atoms with Gasteiger partial charge in [-0.2, -0.15) is 0 Å². The summed E-state index contributed by atoms with van der Waals surface area (Å²) in [5.41, 5.74) is 6.19. The molecule has 0 saturated carbocycles. The van der Waals surface area contributed by atoms with Crippen LogP contribution in [0.4, 0.5) is 0 Å². The number of nitrogens with two attached hydrogens (primary N) is 1. The van der Waals surface area contributed by atoms with Crippen LogP contribution in [-0.4, -0.2) is 17.0 Å². The van der Waals surface area contributed by atoms with Gasteiger partial charge in [0, 0.05) is 17.3 Å². The molecule has 0 aromatic heterocycles. The third-order valence-electron chi connectivity index (χ3n) is 1.84. The first kappa shape index (κ1) is 10.5. The van der Waals surface area contributed by atoms with Crippen LogP contribution in [0, 0.1) is 0 Å². The average Bonchev–Trinajstić information content (AvgIpc) is 2.19. The minimum absolute atomic E-state index is 0.179. The van der Waals surface area contributed by atoms with Crippen LogP contribution in [0.15, 0.2) is 42.1 Å². The number of carbonyl (C=O) groups excluding carboxylic acids is 1. The lowest BCUT2D eigenvalue weighted by atomic mass is 10.1. The monoisotopic (exact) mass is 191 g/mol. The van der Waals surface area contributed by atoms with E-state index in [1.807, 2.05) is 6.07 Å². The minimum atomic E-state index is -0.789. The van der Waals surface area contributed by atoms with Crippen molar-refractivity contribution in [2.45, 2.75) is 13.0 Å².